The molecule has 1 saturated carbocycles. The number of hydrogen-bond donors (Lipinski definition) is 1. The number of carbonyl (C=O) groups is 1. The molecule has 21 heavy (non-hydrogen) atoms. The third kappa shape index (κ3) is 3.55. The van der Waals surface area contributed by atoms with Gasteiger partial charge in [-0.2, -0.15) is 0 Å². The van der Waals surface area contributed by atoms with Crippen molar-refractivity contribution in [1.29, 1.82) is 0 Å². The molecule has 116 valence electrons. The number of thioether (sulfide) groups is 1. The van der Waals surface area contributed by atoms with Crippen LogP contribution >= 0.6 is 11.8 Å². The van der Waals surface area contributed by atoms with Crippen LogP contribution in [-0.2, 0) is 9.53 Å². The van der Waals surface area contributed by atoms with Crippen molar-refractivity contribution < 1.29 is 18.3 Å². The number of benzene rings is 1. The first kappa shape index (κ1) is 16.2. The molecule has 1 fully saturated rings. The van der Waals surface area contributed by atoms with E-state index in [9.17, 15) is 13.6 Å². The number of carbonyl (C=O) groups excluding carboxylic acids is 1. The minimum Gasteiger partial charge on any atom is -0.468 e. The molecular formula is C15H19F2NO2S. The molecule has 6 heteroatoms. The van der Waals surface area contributed by atoms with Crippen LogP contribution in [0.15, 0.2) is 23.1 Å². The van der Waals surface area contributed by atoms with Crippen molar-refractivity contribution >= 4 is 17.7 Å². The Morgan fingerprint density at radius 3 is 2.90 bits per heavy atom. The Morgan fingerprint density at radius 1 is 1.48 bits per heavy atom. The van der Waals surface area contributed by atoms with Gasteiger partial charge in [-0.15, -0.1) is 11.8 Å². The van der Waals surface area contributed by atoms with E-state index in [0.717, 1.165) is 25.0 Å². The lowest BCUT2D eigenvalue weighted by Crippen LogP contribution is -2.54. The van der Waals surface area contributed by atoms with Gasteiger partial charge >= 0.3 is 5.97 Å². The third-order valence-corrected chi connectivity index (χ3v) is 5.25. The van der Waals surface area contributed by atoms with Crippen LogP contribution in [0.25, 0.3) is 0 Å². The molecule has 1 N–H and O–H groups in total. The van der Waals surface area contributed by atoms with E-state index in [4.69, 9.17) is 4.74 Å². The summed E-state index contributed by atoms with van der Waals surface area (Å²) in [5, 5.41) is 3.10. The van der Waals surface area contributed by atoms with Gasteiger partial charge in [0.05, 0.1) is 7.11 Å². The summed E-state index contributed by atoms with van der Waals surface area (Å²) in [7, 11) is 3.09. The Balaban J connectivity index is 2.14. The molecule has 1 aliphatic rings. The zero-order valence-electron chi connectivity index (χ0n) is 12.1. The highest BCUT2D eigenvalue weighted by molar-refractivity contribution is 8.00. The number of rotatable bonds is 4. The first-order valence-corrected chi connectivity index (χ1v) is 7.78. The van der Waals surface area contributed by atoms with Gasteiger partial charge in [0.15, 0.2) is 0 Å². The van der Waals surface area contributed by atoms with Crippen molar-refractivity contribution in [2.45, 2.75) is 41.4 Å². The highest BCUT2D eigenvalue weighted by atomic mass is 32.2. The third-order valence-electron chi connectivity index (χ3n) is 3.95. The summed E-state index contributed by atoms with van der Waals surface area (Å²) in [5.41, 5.74) is -0.728. The van der Waals surface area contributed by atoms with Crippen molar-refractivity contribution in [3.63, 3.8) is 0 Å². The molecule has 0 aliphatic heterocycles. The van der Waals surface area contributed by atoms with E-state index in [2.05, 4.69) is 5.32 Å². The zero-order valence-corrected chi connectivity index (χ0v) is 12.9. The van der Waals surface area contributed by atoms with Gasteiger partial charge in [0.1, 0.15) is 17.2 Å². The molecule has 0 aromatic heterocycles. The lowest BCUT2D eigenvalue weighted by Gasteiger charge is -2.38. The minimum atomic E-state index is -0.728. The van der Waals surface area contributed by atoms with Crippen molar-refractivity contribution in [2.75, 3.05) is 14.2 Å². The molecule has 0 bridgehead atoms. The summed E-state index contributed by atoms with van der Waals surface area (Å²) in [6, 6.07) is 3.44. The standard InChI is InChI=1S/C15H19F2NO2S/c1-18-15(14(19)20-2)7-3-4-11(9-15)21-13-8-10(16)5-6-12(13)17/h5-6,8,11,18H,3-4,7,9H2,1-2H3. The molecule has 0 amide bonds. The maximum atomic E-state index is 13.7. The number of nitrogens with one attached hydrogen (secondary N) is 1. The molecular weight excluding hydrogens is 296 g/mol. The predicted molar refractivity (Wildman–Crippen MR) is 78.3 cm³/mol. The SMILES string of the molecule is CNC1(C(=O)OC)CCCC(Sc2cc(F)ccc2F)C1. The lowest BCUT2D eigenvalue weighted by atomic mass is 9.81. The van der Waals surface area contributed by atoms with E-state index in [1.54, 1.807) is 7.05 Å². The Hall–Kier alpha value is -1.14. The Kier molecular flexibility index (Phi) is 5.22. The van der Waals surface area contributed by atoms with Crippen molar-refractivity contribution in [1.82, 2.24) is 5.32 Å². The largest absolute Gasteiger partial charge is 0.468 e. The average molecular weight is 315 g/mol. The molecule has 1 aromatic rings. The summed E-state index contributed by atoms with van der Waals surface area (Å²) in [5.74, 6) is -1.18. The quantitative estimate of drug-likeness (QED) is 0.867. The number of halogens is 2. The van der Waals surface area contributed by atoms with Crippen LogP contribution in [0.3, 0.4) is 0 Å². The Morgan fingerprint density at radius 2 is 2.24 bits per heavy atom. The van der Waals surface area contributed by atoms with Gasteiger partial charge in [0.25, 0.3) is 0 Å². The first-order chi connectivity index (χ1) is 10.0. The molecule has 0 radical (unpaired) electrons. The van der Waals surface area contributed by atoms with Crippen LogP contribution in [0.1, 0.15) is 25.7 Å². The molecule has 1 aromatic carbocycles. The normalized spacial score (nSPS) is 25.6. The summed E-state index contributed by atoms with van der Waals surface area (Å²) >= 11 is 1.29. The van der Waals surface area contributed by atoms with Crippen LogP contribution in [0.2, 0.25) is 0 Å². The van der Waals surface area contributed by atoms with Crippen LogP contribution in [0.4, 0.5) is 8.78 Å². The van der Waals surface area contributed by atoms with Crippen LogP contribution in [-0.4, -0.2) is 30.9 Å². The van der Waals surface area contributed by atoms with E-state index in [0.29, 0.717) is 12.8 Å². The molecule has 0 heterocycles. The molecule has 2 atom stereocenters. The van der Waals surface area contributed by atoms with E-state index >= 15 is 0 Å². The number of hydrogen-bond acceptors (Lipinski definition) is 4. The molecule has 2 rings (SSSR count). The van der Waals surface area contributed by atoms with Gasteiger partial charge in [-0.05, 0) is 50.9 Å². The van der Waals surface area contributed by atoms with Gasteiger partial charge in [0.2, 0.25) is 0 Å². The number of likely N-dealkylation sites (N-methyl/N-ethyl adjacent to an activating group) is 1. The van der Waals surface area contributed by atoms with Gasteiger partial charge in [0, 0.05) is 10.1 Å². The molecule has 0 spiro atoms. The summed E-state index contributed by atoms with van der Waals surface area (Å²) in [4.78, 5) is 12.3. The number of methoxy groups -OCH3 is 1. The van der Waals surface area contributed by atoms with E-state index < -0.39 is 17.2 Å². The van der Waals surface area contributed by atoms with Gasteiger partial charge < -0.3 is 10.1 Å². The van der Waals surface area contributed by atoms with Crippen molar-refractivity contribution in [3.8, 4) is 0 Å². The second-order valence-electron chi connectivity index (χ2n) is 5.23. The smallest absolute Gasteiger partial charge is 0.326 e. The van der Waals surface area contributed by atoms with Crippen LogP contribution < -0.4 is 5.32 Å². The first-order valence-electron chi connectivity index (χ1n) is 6.90. The maximum Gasteiger partial charge on any atom is 0.326 e. The van der Waals surface area contributed by atoms with Crippen LogP contribution in [0, 0.1) is 11.6 Å². The fourth-order valence-corrected chi connectivity index (χ4v) is 4.15. The molecule has 3 nitrogen and oxygen atoms in total. The highest BCUT2D eigenvalue weighted by Gasteiger charge is 2.42. The molecule has 1 aliphatic carbocycles. The lowest BCUT2D eigenvalue weighted by molar-refractivity contribution is -0.149. The molecule has 0 saturated heterocycles. The fraction of sp³-hybridized carbons (Fsp3) is 0.533. The molecule has 2 unspecified atom stereocenters. The minimum absolute atomic E-state index is 0.0431. The summed E-state index contributed by atoms with van der Waals surface area (Å²) < 4.78 is 31.8. The number of ether oxygens (including phenoxy) is 1. The maximum absolute atomic E-state index is 13.7. The van der Waals surface area contributed by atoms with E-state index in [1.807, 2.05) is 0 Å². The van der Waals surface area contributed by atoms with Crippen LogP contribution in [0.5, 0.6) is 0 Å². The Bertz CT molecular complexity index is 526. The van der Waals surface area contributed by atoms with Crippen molar-refractivity contribution in [2.24, 2.45) is 0 Å². The highest BCUT2D eigenvalue weighted by Crippen LogP contribution is 2.39. The van der Waals surface area contributed by atoms with Crippen molar-refractivity contribution in [3.05, 3.63) is 29.8 Å². The summed E-state index contributed by atoms with van der Waals surface area (Å²) in [6.07, 6.45) is 2.93. The topological polar surface area (TPSA) is 38.3 Å². The second-order valence-corrected chi connectivity index (χ2v) is 6.58. The zero-order chi connectivity index (χ0) is 15.5. The van der Waals surface area contributed by atoms with Gasteiger partial charge in [-0.1, -0.05) is 0 Å². The van der Waals surface area contributed by atoms with Gasteiger partial charge in [-0.3, -0.25) is 4.79 Å². The monoisotopic (exact) mass is 315 g/mol. The van der Waals surface area contributed by atoms with Gasteiger partial charge in [-0.25, -0.2) is 8.78 Å². The summed E-state index contributed by atoms with van der Waals surface area (Å²) in [6.45, 7) is 0. The second kappa shape index (κ2) is 6.75. The van der Waals surface area contributed by atoms with E-state index in [1.165, 1.54) is 24.9 Å². The fourth-order valence-electron chi connectivity index (χ4n) is 2.78. The number of esters is 1. The Labute approximate surface area is 127 Å². The van der Waals surface area contributed by atoms with E-state index in [-0.39, 0.29) is 16.1 Å². The average Bonchev–Trinajstić information content (AvgIpc) is 2.50. The predicted octanol–water partition coefficient (Wildman–Crippen LogP) is 3.13.